The second kappa shape index (κ2) is 4.09. The maximum Gasteiger partial charge on any atom is 0.200 e. The van der Waals surface area contributed by atoms with Crippen LogP contribution in [-0.2, 0) is 4.74 Å². The maximum absolute atomic E-state index is 9.55. The minimum atomic E-state index is -2.13. The molecule has 80 valence electrons. The van der Waals surface area contributed by atoms with Crippen LogP contribution in [0.1, 0.15) is 0 Å². The number of ether oxygens (including phenoxy) is 1. The van der Waals surface area contributed by atoms with Gasteiger partial charge in [-0.15, -0.1) is 0 Å². The van der Waals surface area contributed by atoms with Crippen LogP contribution in [0.3, 0.4) is 0 Å². The molecule has 1 saturated heterocycles. The molecule has 0 aromatic heterocycles. The van der Waals surface area contributed by atoms with Crippen LogP contribution in [0, 0.1) is 0 Å². The summed E-state index contributed by atoms with van der Waals surface area (Å²) in [6, 6.07) is -1.32. The molecule has 1 rings (SSSR count). The highest BCUT2D eigenvalue weighted by Gasteiger charge is 2.53. The molecule has 0 saturated carbocycles. The lowest BCUT2D eigenvalue weighted by atomic mass is 10.0. The van der Waals surface area contributed by atoms with Crippen LogP contribution in [0.15, 0.2) is 5.11 Å². The molecular weight excluding hydrogens is 194 g/mol. The highest BCUT2D eigenvalue weighted by molar-refractivity contribution is 5.00. The Hall–Kier alpha value is -0.890. The molecule has 1 aliphatic rings. The van der Waals surface area contributed by atoms with Crippen LogP contribution in [0.2, 0.25) is 0 Å². The number of nitrogens with zero attached hydrogens (tertiary/aromatic N) is 3. The normalized spacial score (nSPS) is 42.1. The van der Waals surface area contributed by atoms with Gasteiger partial charge in [-0.3, -0.25) is 0 Å². The molecule has 0 bridgehead atoms. The average molecular weight is 205 g/mol. The Bertz CT molecular complexity index is 256. The summed E-state index contributed by atoms with van der Waals surface area (Å²) in [5.74, 6) is -2.13. The molecular formula is C6H11N3O5. The van der Waals surface area contributed by atoms with Gasteiger partial charge in [-0.05, 0) is 5.53 Å². The first kappa shape index (κ1) is 11.2. The van der Waals surface area contributed by atoms with Crippen LogP contribution in [-0.4, -0.2) is 57.7 Å². The average Bonchev–Trinajstić information content (AvgIpc) is 2.43. The first-order valence-electron chi connectivity index (χ1n) is 3.93. The van der Waals surface area contributed by atoms with Crippen LogP contribution in [0.25, 0.3) is 10.4 Å². The molecule has 1 fully saturated rings. The molecule has 0 unspecified atom stereocenters. The van der Waals surface area contributed by atoms with Gasteiger partial charge >= 0.3 is 0 Å². The standard InChI is InChI=1S/C6H11N3O5/c7-9-8-5-4(12)3(1-10)14-6(5,13)2-11/h3-5,10-13H,1-2H2/t3-,4-,5+,6-/m1/s1. The molecule has 8 heteroatoms. The monoisotopic (exact) mass is 205 g/mol. The zero-order valence-electron chi connectivity index (χ0n) is 7.19. The zero-order chi connectivity index (χ0) is 10.8. The topological polar surface area (TPSA) is 139 Å². The minimum absolute atomic E-state index is 0.541. The van der Waals surface area contributed by atoms with Crippen molar-refractivity contribution in [1.29, 1.82) is 0 Å². The van der Waals surface area contributed by atoms with Gasteiger partial charge in [-0.2, -0.15) is 0 Å². The first-order valence-corrected chi connectivity index (χ1v) is 3.93. The Kier molecular flexibility index (Phi) is 3.27. The molecule has 0 aromatic rings. The van der Waals surface area contributed by atoms with E-state index in [9.17, 15) is 10.2 Å². The van der Waals surface area contributed by atoms with Gasteiger partial charge in [0.05, 0.1) is 19.3 Å². The van der Waals surface area contributed by atoms with E-state index in [0.29, 0.717) is 0 Å². The van der Waals surface area contributed by atoms with Crippen molar-refractivity contribution in [3.63, 3.8) is 0 Å². The molecule has 4 atom stereocenters. The lowest BCUT2D eigenvalue weighted by Crippen LogP contribution is -2.44. The highest BCUT2D eigenvalue weighted by atomic mass is 16.7. The molecule has 8 nitrogen and oxygen atoms in total. The summed E-state index contributed by atoms with van der Waals surface area (Å²) in [7, 11) is 0. The SMILES string of the molecule is [N-]=[N+]=N[C@H]1[C@H](O)[C@@H](CO)O[C@]1(O)CO. The Labute approximate surface area is 79.0 Å². The molecule has 14 heavy (non-hydrogen) atoms. The second-order valence-electron chi connectivity index (χ2n) is 2.98. The van der Waals surface area contributed by atoms with E-state index >= 15 is 0 Å². The molecule has 1 heterocycles. The summed E-state index contributed by atoms with van der Waals surface area (Å²) in [6.45, 7) is -1.37. The van der Waals surface area contributed by atoms with Gasteiger partial charge in [-0.25, -0.2) is 0 Å². The number of hydrogen-bond donors (Lipinski definition) is 4. The summed E-state index contributed by atoms with van der Waals surface area (Å²) in [6.07, 6.45) is -2.41. The summed E-state index contributed by atoms with van der Waals surface area (Å²) >= 11 is 0. The summed E-state index contributed by atoms with van der Waals surface area (Å²) in [4.78, 5) is 2.41. The Morgan fingerprint density at radius 1 is 1.50 bits per heavy atom. The third-order valence-electron chi connectivity index (χ3n) is 2.10. The lowest BCUT2D eigenvalue weighted by Gasteiger charge is -2.23. The van der Waals surface area contributed by atoms with E-state index in [4.69, 9.17) is 20.5 Å². The quantitative estimate of drug-likeness (QED) is 0.242. The van der Waals surface area contributed by atoms with Crippen LogP contribution < -0.4 is 0 Å². The fourth-order valence-electron chi connectivity index (χ4n) is 1.36. The van der Waals surface area contributed by atoms with Gasteiger partial charge in [0.2, 0.25) is 5.79 Å². The molecule has 4 N–H and O–H groups in total. The van der Waals surface area contributed by atoms with Crippen molar-refractivity contribution in [2.24, 2.45) is 5.11 Å². The molecule has 0 aromatic carbocycles. The number of rotatable bonds is 3. The Morgan fingerprint density at radius 3 is 2.57 bits per heavy atom. The van der Waals surface area contributed by atoms with Crippen molar-refractivity contribution in [3.05, 3.63) is 10.4 Å². The van der Waals surface area contributed by atoms with Crippen molar-refractivity contribution < 1.29 is 25.2 Å². The predicted molar refractivity (Wildman–Crippen MR) is 42.9 cm³/mol. The summed E-state index contributed by atoms with van der Waals surface area (Å²) in [5, 5.41) is 39.6. The van der Waals surface area contributed by atoms with Gasteiger partial charge in [0, 0.05) is 4.91 Å². The number of hydrogen-bond acceptors (Lipinski definition) is 6. The fraction of sp³-hybridized carbons (Fsp3) is 1.00. The largest absolute Gasteiger partial charge is 0.394 e. The van der Waals surface area contributed by atoms with Crippen LogP contribution >= 0.6 is 0 Å². The van der Waals surface area contributed by atoms with Crippen molar-refractivity contribution in [2.75, 3.05) is 13.2 Å². The number of azide groups is 1. The summed E-state index contributed by atoms with van der Waals surface area (Å²) < 4.78 is 4.77. The van der Waals surface area contributed by atoms with E-state index < -0.39 is 37.3 Å². The molecule has 0 aliphatic carbocycles. The minimum Gasteiger partial charge on any atom is -0.394 e. The number of aliphatic hydroxyl groups is 4. The Morgan fingerprint density at radius 2 is 2.14 bits per heavy atom. The third-order valence-corrected chi connectivity index (χ3v) is 2.10. The van der Waals surface area contributed by atoms with Gasteiger partial charge in [-0.1, -0.05) is 5.11 Å². The molecule has 0 spiro atoms. The van der Waals surface area contributed by atoms with E-state index in [1.165, 1.54) is 0 Å². The summed E-state index contributed by atoms with van der Waals surface area (Å²) in [5.41, 5.74) is 8.17. The van der Waals surface area contributed by atoms with E-state index in [-0.39, 0.29) is 0 Å². The first-order chi connectivity index (χ1) is 6.59. The van der Waals surface area contributed by atoms with E-state index in [0.717, 1.165) is 0 Å². The zero-order valence-corrected chi connectivity index (χ0v) is 7.19. The van der Waals surface area contributed by atoms with E-state index in [2.05, 4.69) is 10.0 Å². The van der Waals surface area contributed by atoms with Gasteiger partial charge in [0.15, 0.2) is 0 Å². The number of aliphatic hydroxyl groups excluding tert-OH is 3. The van der Waals surface area contributed by atoms with Gasteiger partial charge < -0.3 is 25.2 Å². The van der Waals surface area contributed by atoms with Crippen molar-refractivity contribution in [2.45, 2.75) is 24.0 Å². The maximum atomic E-state index is 9.55. The van der Waals surface area contributed by atoms with E-state index in [1.54, 1.807) is 0 Å². The van der Waals surface area contributed by atoms with Crippen LogP contribution in [0.5, 0.6) is 0 Å². The van der Waals surface area contributed by atoms with Crippen LogP contribution in [0.4, 0.5) is 0 Å². The molecule has 0 radical (unpaired) electrons. The smallest absolute Gasteiger partial charge is 0.200 e. The van der Waals surface area contributed by atoms with E-state index in [1.807, 2.05) is 0 Å². The lowest BCUT2D eigenvalue weighted by molar-refractivity contribution is -0.222. The van der Waals surface area contributed by atoms with Crippen molar-refractivity contribution in [3.8, 4) is 0 Å². The Balaban J connectivity index is 2.92. The van der Waals surface area contributed by atoms with Gasteiger partial charge in [0.25, 0.3) is 0 Å². The van der Waals surface area contributed by atoms with Gasteiger partial charge in [0.1, 0.15) is 12.1 Å². The highest BCUT2D eigenvalue weighted by Crippen LogP contribution is 2.31. The fourth-order valence-corrected chi connectivity index (χ4v) is 1.36. The second-order valence-corrected chi connectivity index (χ2v) is 2.98. The van der Waals surface area contributed by atoms with Crippen molar-refractivity contribution in [1.82, 2.24) is 0 Å². The third kappa shape index (κ3) is 1.67. The molecule has 1 aliphatic heterocycles. The molecule has 0 amide bonds. The van der Waals surface area contributed by atoms with Crippen molar-refractivity contribution >= 4 is 0 Å². The predicted octanol–water partition coefficient (Wildman–Crippen LogP) is -1.90.